The standard InChI is InChI=1S/C7H12Br/c1-6-2-4-7(8)5-3-6/h6-7H,1-5H2. The third-order valence-corrected chi connectivity index (χ3v) is 2.69. The molecule has 1 aliphatic rings. The molecule has 0 aliphatic heterocycles. The number of halogens is 1. The quantitative estimate of drug-likeness (QED) is 0.498. The Labute approximate surface area is 59.8 Å². The van der Waals surface area contributed by atoms with Crippen molar-refractivity contribution in [2.75, 3.05) is 0 Å². The highest BCUT2D eigenvalue weighted by molar-refractivity contribution is 9.09. The van der Waals surface area contributed by atoms with Gasteiger partial charge < -0.3 is 0 Å². The molecule has 0 aromatic carbocycles. The molecule has 47 valence electrons. The van der Waals surface area contributed by atoms with E-state index < -0.39 is 0 Å². The summed E-state index contributed by atoms with van der Waals surface area (Å²) in [6.45, 7) is 4.01. The number of rotatable bonds is 0. The molecule has 0 spiro atoms. The van der Waals surface area contributed by atoms with E-state index in [1.54, 1.807) is 0 Å². The van der Waals surface area contributed by atoms with Crippen molar-refractivity contribution in [2.45, 2.75) is 30.5 Å². The van der Waals surface area contributed by atoms with Crippen LogP contribution in [0.3, 0.4) is 0 Å². The summed E-state index contributed by atoms with van der Waals surface area (Å²) in [5, 5.41) is 0. The van der Waals surface area contributed by atoms with Crippen LogP contribution in [0.2, 0.25) is 0 Å². The van der Waals surface area contributed by atoms with Gasteiger partial charge in [-0.15, -0.1) is 0 Å². The Morgan fingerprint density at radius 3 is 2.00 bits per heavy atom. The fourth-order valence-electron chi connectivity index (χ4n) is 1.12. The second-order valence-corrected chi connectivity index (χ2v) is 3.91. The zero-order chi connectivity index (χ0) is 5.98. The van der Waals surface area contributed by atoms with E-state index in [2.05, 4.69) is 22.9 Å². The minimum atomic E-state index is 0.740. The van der Waals surface area contributed by atoms with Crippen LogP contribution in [-0.4, -0.2) is 4.83 Å². The maximum atomic E-state index is 4.01. The highest BCUT2D eigenvalue weighted by atomic mass is 79.9. The van der Waals surface area contributed by atoms with E-state index in [1.165, 1.54) is 25.7 Å². The van der Waals surface area contributed by atoms with Gasteiger partial charge in [-0.25, -0.2) is 0 Å². The molecule has 0 heterocycles. The average molecular weight is 176 g/mol. The molecule has 8 heavy (non-hydrogen) atoms. The van der Waals surface area contributed by atoms with Crippen molar-refractivity contribution in [3.63, 3.8) is 0 Å². The van der Waals surface area contributed by atoms with Crippen LogP contribution >= 0.6 is 15.9 Å². The van der Waals surface area contributed by atoms with E-state index in [0.29, 0.717) is 0 Å². The topological polar surface area (TPSA) is 0 Å². The first-order valence-corrected chi connectivity index (χ1v) is 4.18. The molecule has 0 amide bonds. The molecule has 0 N–H and O–H groups in total. The van der Waals surface area contributed by atoms with Crippen molar-refractivity contribution >= 4 is 15.9 Å². The van der Waals surface area contributed by atoms with Crippen LogP contribution < -0.4 is 0 Å². The summed E-state index contributed by atoms with van der Waals surface area (Å²) in [6.07, 6.45) is 5.29. The second kappa shape index (κ2) is 2.86. The van der Waals surface area contributed by atoms with Crippen molar-refractivity contribution in [1.82, 2.24) is 0 Å². The highest BCUT2D eigenvalue weighted by Crippen LogP contribution is 2.27. The minimum Gasteiger partial charge on any atom is -0.0891 e. The van der Waals surface area contributed by atoms with Crippen molar-refractivity contribution in [2.24, 2.45) is 5.92 Å². The van der Waals surface area contributed by atoms with Crippen molar-refractivity contribution in [1.29, 1.82) is 0 Å². The summed E-state index contributed by atoms with van der Waals surface area (Å²) in [7, 11) is 0. The van der Waals surface area contributed by atoms with Crippen molar-refractivity contribution in [3.8, 4) is 0 Å². The lowest BCUT2D eigenvalue weighted by Gasteiger charge is -2.20. The third kappa shape index (κ3) is 1.77. The third-order valence-electron chi connectivity index (χ3n) is 1.78. The lowest BCUT2D eigenvalue weighted by molar-refractivity contribution is 0.429. The van der Waals surface area contributed by atoms with Crippen molar-refractivity contribution in [3.05, 3.63) is 6.92 Å². The van der Waals surface area contributed by atoms with E-state index in [4.69, 9.17) is 0 Å². The van der Waals surface area contributed by atoms with Gasteiger partial charge in [0.1, 0.15) is 0 Å². The first-order valence-electron chi connectivity index (χ1n) is 3.26. The lowest BCUT2D eigenvalue weighted by Crippen LogP contribution is -2.10. The van der Waals surface area contributed by atoms with E-state index in [0.717, 1.165) is 10.7 Å². The zero-order valence-electron chi connectivity index (χ0n) is 5.07. The molecule has 1 rings (SSSR count). The Bertz CT molecular complexity index is 52.8. The molecule has 0 bridgehead atoms. The predicted molar refractivity (Wildman–Crippen MR) is 40.0 cm³/mol. The normalized spacial score (nSPS) is 39.8. The maximum Gasteiger partial charge on any atom is 0.0146 e. The van der Waals surface area contributed by atoms with E-state index in [-0.39, 0.29) is 0 Å². The monoisotopic (exact) mass is 175 g/mol. The van der Waals surface area contributed by atoms with Gasteiger partial charge in [-0.3, -0.25) is 0 Å². The summed E-state index contributed by atoms with van der Waals surface area (Å²) in [6, 6.07) is 0. The first-order chi connectivity index (χ1) is 3.79. The highest BCUT2D eigenvalue weighted by Gasteiger charge is 2.14. The van der Waals surface area contributed by atoms with Gasteiger partial charge in [0.05, 0.1) is 0 Å². The van der Waals surface area contributed by atoms with E-state index in [9.17, 15) is 0 Å². The second-order valence-electron chi connectivity index (χ2n) is 2.62. The molecular weight excluding hydrogens is 164 g/mol. The summed E-state index contributed by atoms with van der Waals surface area (Å²) in [4.78, 5) is 0.792. The van der Waals surface area contributed by atoms with Gasteiger partial charge in [0.15, 0.2) is 0 Å². The van der Waals surface area contributed by atoms with Crippen LogP contribution in [0.15, 0.2) is 0 Å². The molecule has 0 nitrogen and oxygen atoms in total. The fourth-order valence-corrected chi connectivity index (χ4v) is 1.65. The van der Waals surface area contributed by atoms with Crippen molar-refractivity contribution < 1.29 is 0 Å². The Hall–Kier alpha value is 0.480. The largest absolute Gasteiger partial charge is 0.0891 e. The van der Waals surface area contributed by atoms with E-state index in [1.807, 2.05) is 0 Å². The maximum absolute atomic E-state index is 4.01. The summed E-state index contributed by atoms with van der Waals surface area (Å²) in [5.41, 5.74) is 0. The van der Waals surface area contributed by atoms with Gasteiger partial charge in [-0.1, -0.05) is 22.9 Å². The zero-order valence-corrected chi connectivity index (χ0v) is 6.65. The Balaban J connectivity index is 2.19. The van der Waals surface area contributed by atoms with Crippen LogP contribution in [0, 0.1) is 12.8 Å². The minimum absolute atomic E-state index is 0.740. The number of hydrogen-bond acceptors (Lipinski definition) is 0. The average Bonchev–Trinajstić information content (AvgIpc) is 1.77. The first kappa shape index (κ1) is 6.60. The van der Waals surface area contributed by atoms with Crippen LogP contribution in [0.5, 0.6) is 0 Å². The van der Waals surface area contributed by atoms with Gasteiger partial charge in [0.2, 0.25) is 0 Å². The van der Waals surface area contributed by atoms with Crippen LogP contribution in [-0.2, 0) is 0 Å². The van der Waals surface area contributed by atoms with Gasteiger partial charge in [-0.2, -0.15) is 0 Å². The summed E-state index contributed by atoms with van der Waals surface area (Å²) < 4.78 is 0. The number of alkyl halides is 1. The molecule has 0 aromatic heterocycles. The Morgan fingerprint density at radius 1 is 1.12 bits per heavy atom. The van der Waals surface area contributed by atoms with Gasteiger partial charge in [0.25, 0.3) is 0 Å². The lowest BCUT2D eigenvalue weighted by atomic mass is 9.91. The summed E-state index contributed by atoms with van der Waals surface area (Å²) >= 11 is 3.59. The molecule has 1 fully saturated rings. The Kier molecular flexibility index (Phi) is 2.36. The molecule has 1 heteroatoms. The molecule has 0 unspecified atom stereocenters. The van der Waals surface area contributed by atoms with Crippen LogP contribution in [0.1, 0.15) is 25.7 Å². The SMILES string of the molecule is [CH2]C1CCC(Br)CC1. The summed E-state index contributed by atoms with van der Waals surface area (Å²) in [5.74, 6) is 0.740. The molecule has 1 aliphatic carbocycles. The van der Waals surface area contributed by atoms with Gasteiger partial charge in [0, 0.05) is 4.83 Å². The Morgan fingerprint density at radius 2 is 1.62 bits per heavy atom. The smallest absolute Gasteiger partial charge is 0.0146 e. The van der Waals surface area contributed by atoms with Gasteiger partial charge >= 0.3 is 0 Å². The fraction of sp³-hybridized carbons (Fsp3) is 0.857. The van der Waals surface area contributed by atoms with Crippen LogP contribution in [0.4, 0.5) is 0 Å². The molecule has 0 saturated heterocycles. The van der Waals surface area contributed by atoms with E-state index >= 15 is 0 Å². The van der Waals surface area contributed by atoms with Gasteiger partial charge in [-0.05, 0) is 31.6 Å². The predicted octanol–water partition coefficient (Wildman–Crippen LogP) is 2.77. The number of hydrogen-bond donors (Lipinski definition) is 0. The molecule has 0 aromatic rings. The molecule has 0 atom stereocenters. The van der Waals surface area contributed by atoms with Crippen LogP contribution in [0.25, 0.3) is 0 Å². The molecule has 1 saturated carbocycles. The molecule has 1 radical (unpaired) electrons. The molecular formula is C7H12Br.